The number of benzene rings is 1. The van der Waals surface area contributed by atoms with Crippen LogP contribution in [0.5, 0.6) is 0 Å². The quantitative estimate of drug-likeness (QED) is 0.874. The normalized spacial score (nSPS) is 22.0. The third-order valence-electron chi connectivity index (χ3n) is 3.64. The van der Waals surface area contributed by atoms with Crippen molar-refractivity contribution in [1.29, 1.82) is 0 Å². The molecular weight excluding hydrogens is 316 g/mol. The smallest absolute Gasteiger partial charge is 0.242 e. The molecular formula is C16H24N2O4S. The molecule has 6 nitrogen and oxygen atoms in total. The summed E-state index contributed by atoms with van der Waals surface area (Å²) in [6, 6.07) is 7.15. The van der Waals surface area contributed by atoms with Gasteiger partial charge in [-0.1, -0.05) is 18.2 Å². The number of carbonyl (C=O) groups is 1. The molecule has 0 unspecified atom stereocenters. The van der Waals surface area contributed by atoms with Gasteiger partial charge >= 0.3 is 0 Å². The second-order valence-corrected chi connectivity index (χ2v) is 8.28. The Bertz CT molecular complexity index is 650. The molecule has 0 aromatic heterocycles. The second-order valence-electron chi connectivity index (χ2n) is 6.14. The van der Waals surface area contributed by atoms with Gasteiger partial charge in [-0.2, -0.15) is 0 Å². The minimum Gasteiger partial charge on any atom is -0.376 e. The van der Waals surface area contributed by atoms with Crippen LogP contribution in [0.15, 0.2) is 24.3 Å². The molecule has 1 aliphatic heterocycles. The Morgan fingerprint density at radius 3 is 2.48 bits per heavy atom. The summed E-state index contributed by atoms with van der Waals surface area (Å²) >= 11 is 0. The summed E-state index contributed by atoms with van der Waals surface area (Å²) in [6.45, 7) is 5.20. The molecule has 0 spiro atoms. The molecule has 7 heteroatoms. The topological polar surface area (TPSA) is 75.7 Å². The van der Waals surface area contributed by atoms with Gasteiger partial charge in [0.05, 0.1) is 24.5 Å². The van der Waals surface area contributed by atoms with E-state index in [1.54, 1.807) is 23.1 Å². The van der Waals surface area contributed by atoms with E-state index in [0.717, 1.165) is 0 Å². The number of ether oxygens (including phenoxy) is 1. The minimum absolute atomic E-state index is 0.0128. The number of anilines is 1. The maximum absolute atomic E-state index is 12.3. The van der Waals surface area contributed by atoms with Crippen LogP contribution in [0.2, 0.25) is 0 Å². The van der Waals surface area contributed by atoms with E-state index >= 15 is 0 Å². The Kier molecular flexibility index (Phi) is 5.64. The van der Waals surface area contributed by atoms with Crippen molar-refractivity contribution in [3.8, 4) is 0 Å². The number of rotatable bonds is 5. The summed E-state index contributed by atoms with van der Waals surface area (Å²) in [6.07, 6.45) is 1.26. The summed E-state index contributed by atoms with van der Waals surface area (Å²) in [5, 5.41) is 3.07. The molecule has 23 heavy (non-hydrogen) atoms. The first-order chi connectivity index (χ1) is 10.7. The third kappa shape index (κ3) is 5.51. The van der Waals surface area contributed by atoms with Crippen molar-refractivity contribution in [1.82, 2.24) is 4.90 Å². The van der Waals surface area contributed by atoms with Crippen LogP contribution in [-0.4, -0.2) is 57.3 Å². The Balaban J connectivity index is 1.99. The van der Waals surface area contributed by atoms with Crippen LogP contribution in [0.3, 0.4) is 0 Å². The molecule has 0 aliphatic carbocycles. The van der Waals surface area contributed by atoms with Crippen molar-refractivity contribution >= 4 is 21.4 Å². The van der Waals surface area contributed by atoms with Crippen molar-refractivity contribution < 1.29 is 17.9 Å². The summed E-state index contributed by atoms with van der Waals surface area (Å²) < 4.78 is 28.6. The molecule has 2 rings (SSSR count). The first-order valence-electron chi connectivity index (χ1n) is 7.67. The van der Waals surface area contributed by atoms with Gasteiger partial charge in [-0.25, -0.2) is 8.42 Å². The molecule has 1 aliphatic rings. The van der Waals surface area contributed by atoms with E-state index in [9.17, 15) is 13.2 Å². The molecule has 0 radical (unpaired) electrons. The van der Waals surface area contributed by atoms with Crippen LogP contribution in [-0.2, 0) is 25.1 Å². The van der Waals surface area contributed by atoms with Gasteiger partial charge in [0, 0.05) is 25.0 Å². The molecule has 1 N–H and O–H groups in total. The lowest BCUT2D eigenvalue weighted by Crippen LogP contribution is -2.49. The maximum Gasteiger partial charge on any atom is 0.242 e. The van der Waals surface area contributed by atoms with Crippen molar-refractivity contribution in [2.45, 2.75) is 31.8 Å². The molecule has 2 atom stereocenters. The lowest BCUT2D eigenvalue weighted by atomic mass is 10.2. The maximum atomic E-state index is 12.3. The SMILES string of the molecule is C[C@H]1CN(C(=O)CNc2ccccc2CS(C)(=O)=O)C[C@H](C)O1. The molecule has 1 fully saturated rings. The van der Waals surface area contributed by atoms with Gasteiger partial charge < -0.3 is 15.0 Å². The highest BCUT2D eigenvalue weighted by atomic mass is 32.2. The predicted octanol–water partition coefficient (Wildman–Crippen LogP) is 1.28. The Morgan fingerprint density at radius 2 is 1.87 bits per heavy atom. The lowest BCUT2D eigenvalue weighted by Gasteiger charge is -2.35. The number of para-hydroxylation sites is 1. The Labute approximate surface area is 137 Å². The van der Waals surface area contributed by atoms with Gasteiger partial charge in [0.15, 0.2) is 9.84 Å². The standard InChI is InChI=1S/C16H24N2O4S/c1-12-9-18(10-13(2)22-12)16(19)8-17-15-7-5-4-6-14(15)11-23(3,20)21/h4-7,12-13,17H,8-11H2,1-3H3/t12-,13-/m0/s1. The summed E-state index contributed by atoms with van der Waals surface area (Å²) in [7, 11) is -3.13. The fourth-order valence-electron chi connectivity index (χ4n) is 2.77. The Hall–Kier alpha value is -1.60. The molecule has 0 saturated carbocycles. The number of amides is 1. The van der Waals surface area contributed by atoms with E-state index < -0.39 is 9.84 Å². The summed E-state index contributed by atoms with van der Waals surface area (Å²) in [4.78, 5) is 14.1. The van der Waals surface area contributed by atoms with Gasteiger partial charge in [-0.3, -0.25) is 4.79 Å². The van der Waals surface area contributed by atoms with Gasteiger partial charge in [-0.15, -0.1) is 0 Å². The van der Waals surface area contributed by atoms with Gasteiger partial charge in [-0.05, 0) is 25.5 Å². The number of carbonyl (C=O) groups excluding carboxylic acids is 1. The second kappa shape index (κ2) is 7.31. The third-order valence-corrected chi connectivity index (χ3v) is 4.47. The van der Waals surface area contributed by atoms with Crippen molar-refractivity contribution in [2.75, 3.05) is 31.2 Å². The van der Waals surface area contributed by atoms with Crippen LogP contribution in [0, 0.1) is 0 Å². The van der Waals surface area contributed by atoms with E-state index in [-0.39, 0.29) is 30.4 Å². The molecule has 1 aromatic rings. The number of morpholine rings is 1. The molecule has 1 aromatic carbocycles. The molecule has 128 valence electrons. The lowest BCUT2D eigenvalue weighted by molar-refractivity contribution is -0.141. The van der Waals surface area contributed by atoms with Gasteiger partial charge in [0.1, 0.15) is 0 Å². The Morgan fingerprint density at radius 1 is 1.26 bits per heavy atom. The summed E-state index contributed by atoms with van der Waals surface area (Å²) in [5.74, 6) is -0.0585. The van der Waals surface area contributed by atoms with Gasteiger partial charge in [0.25, 0.3) is 0 Å². The van der Waals surface area contributed by atoms with Crippen LogP contribution >= 0.6 is 0 Å². The summed E-state index contributed by atoms with van der Waals surface area (Å²) in [5.41, 5.74) is 1.35. The van der Waals surface area contributed by atoms with Crippen molar-refractivity contribution in [3.63, 3.8) is 0 Å². The van der Waals surface area contributed by atoms with Crippen LogP contribution in [0.4, 0.5) is 5.69 Å². The van der Waals surface area contributed by atoms with Gasteiger partial charge in [0.2, 0.25) is 5.91 Å². The zero-order valence-electron chi connectivity index (χ0n) is 13.8. The van der Waals surface area contributed by atoms with Crippen molar-refractivity contribution in [3.05, 3.63) is 29.8 Å². The average molecular weight is 340 g/mol. The van der Waals surface area contributed by atoms with Crippen molar-refractivity contribution in [2.24, 2.45) is 0 Å². The zero-order valence-corrected chi connectivity index (χ0v) is 14.6. The highest BCUT2D eigenvalue weighted by molar-refractivity contribution is 7.89. The number of hydrogen-bond donors (Lipinski definition) is 1. The first kappa shape index (κ1) is 17.7. The largest absolute Gasteiger partial charge is 0.376 e. The highest BCUT2D eigenvalue weighted by Gasteiger charge is 2.25. The van der Waals surface area contributed by atoms with E-state index in [0.29, 0.717) is 24.3 Å². The van der Waals surface area contributed by atoms with E-state index in [2.05, 4.69) is 5.32 Å². The van der Waals surface area contributed by atoms with Crippen LogP contribution < -0.4 is 5.32 Å². The molecule has 0 bridgehead atoms. The number of nitrogens with one attached hydrogen (secondary N) is 1. The average Bonchev–Trinajstić information content (AvgIpc) is 2.43. The van der Waals surface area contributed by atoms with E-state index in [4.69, 9.17) is 4.74 Å². The van der Waals surface area contributed by atoms with Crippen LogP contribution in [0.25, 0.3) is 0 Å². The predicted molar refractivity (Wildman–Crippen MR) is 90.1 cm³/mol. The van der Waals surface area contributed by atoms with Crippen LogP contribution in [0.1, 0.15) is 19.4 Å². The number of hydrogen-bond acceptors (Lipinski definition) is 5. The van der Waals surface area contributed by atoms with E-state index in [1.165, 1.54) is 6.26 Å². The molecule has 1 amide bonds. The zero-order chi connectivity index (χ0) is 17.0. The molecule has 1 heterocycles. The fraction of sp³-hybridized carbons (Fsp3) is 0.562. The van der Waals surface area contributed by atoms with E-state index in [1.807, 2.05) is 19.9 Å². The number of sulfone groups is 1. The number of nitrogens with zero attached hydrogens (tertiary/aromatic N) is 1. The molecule has 1 saturated heterocycles. The minimum atomic E-state index is -3.13. The monoisotopic (exact) mass is 340 g/mol. The highest BCUT2D eigenvalue weighted by Crippen LogP contribution is 2.18. The fourth-order valence-corrected chi connectivity index (χ4v) is 3.58. The first-order valence-corrected chi connectivity index (χ1v) is 9.73.